The third-order valence-electron chi connectivity index (χ3n) is 4.66. The van der Waals surface area contributed by atoms with Gasteiger partial charge in [-0.1, -0.05) is 11.2 Å². The predicted octanol–water partition coefficient (Wildman–Crippen LogP) is 2.64. The molecule has 0 bridgehead atoms. The number of aryl methyl sites for hydroxylation is 2. The lowest BCUT2D eigenvalue weighted by molar-refractivity contribution is 0.234. The monoisotopic (exact) mass is 324 g/mol. The second-order valence-corrected chi connectivity index (χ2v) is 6.46. The molecular formula is C18H20N4O2. The van der Waals surface area contributed by atoms with Crippen LogP contribution in [0.1, 0.15) is 41.6 Å². The van der Waals surface area contributed by atoms with Gasteiger partial charge in [-0.25, -0.2) is 4.98 Å². The highest BCUT2D eigenvalue weighted by Crippen LogP contribution is 2.32. The number of aromatic nitrogens is 3. The number of hydrogen-bond donors (Lipinski definition) is 0. The van der Waals surface area contributed by atoms with E-state index in [0.717, 1.165) is 47.7 Å². The van der Waals surface area contributed by atoms with Crippen LogP contribution in [0.4, 0.5) is 0 Å². The molecule has 0 unspecified atom stereocenters. The molecule has 4 rings (SSSR count). The van der Waals surface area contributed by atoms with Gasteiger partial charge in [-0.15, -0.1) is 0 Å². The zero-order chi connectivity index (χ0) is 16.7. The van der Waals surface area contributed by atoms with Gasteiger partial charge in [0.15, 0.2) is 0 Å². The number of fused-ring (bicyclic) bond motifs is 1. The molecule has 6 nitrogen and oxygen atoms in total. The van der Waals surface area contributed by atoms with E-state index in [1.54, 1.807) is 16.7 Å². The molecule has 1 aliphatic rings. The molecule has 4 heterocycles. The summed E-state index contributed by atoms with van der Waals surface area (Å²) in [6.07, 6.45) is 3.93. The Bertz CT molecular complexity index is 944. The van der Waals surface area contributed by atoms with Crippen molar-refractivity contribution in [2.24, 2.45) is 0 Å². The van der Waals surface area contributed by atoms with Crippen LogP contribution in [0, 0.1) is 13.8 Å². The molecule has 6 heteroatoms. The van der Waals surface area contributed by atoms with Crippen molar-refractivity contribution in [1.82, 2.24) is 19.4 Å². The van der Waals surface area contributed by atoms with Crippen LogP contribution in [0.2, 0.25) is 0 Å². The number of nitrogens with zero attached hydrogens (tertiary/aromatic N) is 4. The smallest absolute Gasteiger partial charge is 0.258 e. The van der Waals surface area contributed by atoms with Gasteiger partial charge >= 0.3 is 0 Å². The van der Waals surface area contributed by atoms with Gasteiger partial charge in [0.1, 0.15) is 17.1 Å². The fourth-order valence-electron chi connectivity index (χ4n) is 3.49. The highest BCUT2D eigenvalue weighted by atomic mass is 16.5. The lowest BCUT2D eigenvalue weighted by Crippen LogP contribution is -2.25. The van der Waals surface area contributed by atoms with Crippen molar-refractivity contribution < 1.29 is 4.52 Å². The molecule has 0 amide bonds. The summed E-state index contributed by atoms with van der Waals surface area (Å²) >= 11 is 0. The standard InChI is InChI=1S/C18H20N4O2/c1-12-5-3-8-22-17(23)10-14(19-18(12)22)11-21-7-4-6-16(21)15-9-13(2)24-20-15/h3,5,8-10,16H,4,6-7,11H2,1-2H3/t16-/m0/s1. The van der Waals surface area contributed by atoms with Crippen molar-refractivity contribution in [3.63, 3.8) is 0 Å². The first-order chi connectivity index (χ1) is 11.6. The maximum absolute atomic E-state index is 12.4. The Kier molecular flexibility index (Phi) is 3.69. The second-order valence-electron chi connectivity index (χ2n) is 6.46. The fraction of sp³-hybridized carbons (Fsp3) is 0.389. The Hall–Kier alpha value is -2.47. The summed E-state index contributed by atoms with van der Waals surface area (Å²) in [6, 6.07) is 7.71. The SMILES string of the molecule is Cc1cc([C@@H]2CCCN2Cc2cc(=O)n3cccc(C)c3n2)no1. The number of likely N-dealkylation sites (tertiary alicyclic amines) is 1. The average Bonchev–Trinajstić information content (AvgIpc) is 3.17. The molecule has 1 fully saturated rings. The normalized spacial score (nSPS) is 18.5. The predicted molar refractivity (Wildman–Crippen MR) is 89.8 cm³/mol. The van der Waals surface area contributed by atoms with E-state index in [9.17, 15) is 4.79 Å². The molecule has 1 saturated heterocycles. The summed E-state index contributed by atoms with van der Waals surface area (Å²) in [7, 11) is 0. The molecule has 0 N–H and O–H groups in total. The molecule has 0 saturated carbocycles. The molecule has 0 aliphatic carbocycles. The van der Waals surface area contributed by atoms with E-state index in [1.165, 1.54) is 0 Å². The van der Waals surface area contributed by atoms with E-state index in [4.69, 9.17) is 9.51 Å². The van der Waals surface area contributed by atoms with Crippen molar-refractivity contribution >= 4 is 5.65 Å². The van der Waals surface area contributed by atoms with Gasteiger partial charge in [0.05, 0.1) is 11.7 Å². The Morgan fingerprint density at radius 1 is 1.33 bits per heavy atom. The van der Waals surface area contributed by atoms with Crippen LogP contribution in [0.25, 0.3) is 5.65 Å². The van der Waals surface area contributed by atoms with Crippen molar-refractivity contribution in [3.05, 3.63) is 63.5 Å². The molecule has 0 spiro atoms. The topological polar surface area (TPSA) is 63.6 Å². The highest BCUT2D eigenvalue weighted by Gasteiger charge is 2.28. The lowest BCUT2D eigenvalue weighted by Gasteiger charge is -2.22. The molecule has 3 aromatic rings. The Morgan fingerprint density at radius 3 is 3.00 bits per heavy atom. The van der Waals surface area contributed by atoms with Gasteiger partial charge < -0.3 is 4.52 Å². The molecule has 1 aliphatic heterocycles. The molecule has 124 valence electrons. The molecule has 3 aromatic heterocycles. The van der Waals surface area contributed by atoms with Gasteiger partial charge in [-0.3, -0.25) is 14.1 Å². The minimum Gasteiger partial charge on any atom is -0.361 e. The summed E-state index contributed by atoms with van der Waals surface area (Å²) in [5, 5.41) is 4.17. The molecule has 1 atom stereocenters. The van der Waals surface area contributed by atoms with Crippen molar-refractivity contribution in [2.45, 2.75) is 39.3 Å². The molecule has 24 heavy (non-hydrogen) atoms. The zero-order valence-corrected chi connectivity index (χ0v) is 13.9. The number of pyridine rings is 1. The largest absolute Gasteiger partial charge is 0.361 e. The van der Waals surface area contributed by atoms with Gasteiger partial charge in [0, 0.05) is 24.9 Å². The van der Waals surface area contributed by atoms with Crippen molar-refractivity contribution in [3.8, 4) is 0 Å². The number of rotatable bonds is 3. The Labute approximate surface area is 139 Å². The van der Waals surface area contributed by atoms with Crippen LogP contribution < -0.4 is 5.56 Å². The quantitative estimate of drug-likeness (QED) is 0.741. The van der Waals surface area contributed by atoms with E-state index in [2.05, 4.69) is 10.1 Å². The third-order valence-corrected chi connectivity index (χ3v) is 4.66. The second kappa shape index (κ2) is 5.87. The first-order valence-electron chi connectivity index (χ1n) is 8.27. The van der Waals surface area contributed by atoms with Crippen molar-refractivity contribution in [1.29, 1.82) is 0 Å². The minimum atomic E-state index is -0.0354. The van der Waals surface area contributed by atoms with Gasteiger partial charge in [-0.05, 0) is 44.9 Å². The maximum Gasteiger partial charge on any atom is 0.258 e. The van der Waals surface area contributed by atoms with E-state index in [0.29, 0.717) is 6.54 Å². The molecule has 0 radical (unpaired) electrons. The summed E-state index contributed by atoms with van der Waals surface area (Å²) in [6.45, 7) is 5.51. The average molecular weight is 324 g/mol. The van der Waals surface area contributed by atoms with E-state index in [-0.39, 0.29) is 11.6 Å². The third kappa shape index (κ3) is 2.63. The van der Waals surface area contributed by atoms with Gasteiger partial charge in [0.2, 0.25) is 0 Å². The number of hydrogen-bond acceptors (Lipinski definition) is 5. The van der Waals surface area contributed by atoms with E-state index < -0.39 is 0 Å². The molecular weight excluding hydrogens is 304 g/mol. The van der Waals surface area contributed by atoms with Crippen LogP contribution in [0.3, 0.4) is 0 Å². The van der Waals surface area contributed by atoms with Gasteiger partial charge in [-0.2, -0.15) is 0 Å². The first-order valence-corrected chi connectivity index (χ1v) is 8.27. The van der Waals surface area contributed by atoms with E-state index >= 15 is 0 Å². The maximum atomic E-state index is 12.4. The van der Waals surface area contributed by atoms with Gasteiger partial charge in [0.25, 0.3) is 5.56 Å². The minimum absolute atomic E-state index is 0.0354. The highest BCUT2D eigenvalue weighted by molar-refractivity contribution is 5.46. The first kappa shape index (κ1) is 15.1. The fourth-order valence-corrected chi connectivity index (χ4v) is 3.49. The van der Waals surface area contributed by atoms with Crippen molar-refractivity contribution in [2.75, 3.05) is 6.54 Å². The van der Waals surface area contributed by atoms with Crippen LogP contribution in [-0.2, 0) is 6.54 Å². The lowest BCUT2D eigenvalue weighted by atomic mass is 10.1. The molecule has 0 aromatic carbocycles. The van der Waals surface area contributed by atoms with Crippen LogP contribution in [0.5, 0.6) is 0 Å². The van der Waals surface area contributed by atoms with Crippen LogP contribution in [-0.4, -0.2) is 26.0 Å². The summed E-state index contributed by atoms with van der Waals surface area (Å²) in [5.74, 6) is 0.828. The van der Waals surface area contributed by atoms with Crippen LogP contribution in [0.15, 0.2) is 39.8 Å². The Balaban J connectivity index is 1.66. The Morgan fingerprint density at radius 2 is 2.21 bits per heavy atom. The summed E-state index contributed by atoms with van der Waals surface area (Å²) in [5.41, 5.74) is 3.47. The summed E-state index contributed by atoms with van der Waals surface area (Å²) in [4.78, 5) is 19.4. The van der Waals surface area contributed by atoms with Crippen LogP contribution >= 0.6 is 0 Å². The van der Waals surface area contributed by atoms with E-state index in [1.807, 2.05) is 32.0 Å². The zero-order valence-electron chi connectivity index (χ0n) is 13.9. The summed E-state index contributed by atoms with van der Waals surface area (Å²) < 4.78 is 6.82.